The highest BCUT2D eigenvalue weighted by atomic mass is 19.4. The van der Waals surface area contributed by atoms with Gasteiger partial charge in [0.2, 0.25) is 0 Å². The van der Waals surface area contributed by atoms with Gasteiger partial charge in [0.05, 0.1) is 0 Å². The van der Waals surface area contributed by atoms with Crippen LogP contribution in [0, 0.1) is 0 Å². The van der Waals surface area contributed by atoms with Crippen molar-refractivity contribution in [1.82, 2.24) is 0 Å². The van der Waals surface area contributed by atoms with E-state index in [1.54, 1.807) is 0 Å². The molecule has 0 saturated heterocycles. The summed E-state index contributed by atoms with van der Waals surface area (Å²) in [5.74, 6) is -2.12. The summed E-state index contributed by atoms with van der Waals surface area (Å²) in [6.45, 7) is 2.72. The third kappa shape index (κ3) is 4.13. The van der Waals surface area contributed by atoms with Gasteiger partial charge >= 0.3 is 35.9 Å². The van der Waals surface area contributed by atoms with Gasteiger partial charge in [0, 0.05) is 16.7 Å². The van der Waals surface area contributed by atoms with E-state index in [4.69, 9.17) is 10.2 Å². The summed E-state index contributed by atoms with van der Waals surface area (Å²) in [4.78, 5) is 0. The van der Waals surface area contributed by atoms with Crippen LogP contribution in [0.1, 0.15) is 37.5 Å². The van der Waals surface area contributed by atoms with Crippen LogP contribution in [-0.4, -0.2) is 39.9 Å². The van der Waals surface area contributed by atoms with Gasteiger partial charge in [-0.2, -0.15) is 43.9 Å². The summed E-state index contributed by atoms with van der Waals surface area (Å²) >= 11 is 0. The maximum absolute atomic E-state index is 14.6. The predicted molar refractivity (Wildman–Crippen MR) is 78.8 cm³/mol. The zero-order chi connectivity index (χ0) is 25.2. The minimum absolute atomic E-state index is 0.289. The first-order chi connectivity index (χ1) is 13.2. The van der Waals surface area contributed by atoms with Crippen LogP contribution in [0.5, 0.6) is 5.75 Å². The molecule has 1 aromatic carbocycles. The quantitative estimate of drug-likeness (QED) is 0.510. The molecule has 0 aliphatic carbocycles. The number of alkyl halides is 12. The Morgan fingerprint density at radius 1 is 0.581 bits per heavy atom. The van der Waals surface area contributed by atoms with Crippen molar-refractivity contribution in [2.45, 2.75) is 62.1 Å². The van der Waals surface area contributed by atoms with Crippen LogP contribution in [0.4, 0.5) is 52.7 Å². The molecule has 0 saturated carbocycles. The Morgan fingerprint density at radius 3 is 1.16 bits per heavy atom. The van der Waals surface area contributed by atoms with Crippen molar-refractivity contribution < 1.29 is 68.0 Å². The minimum atomic E-state index is -6.85. The molecule has 180 valence electrons. The van der Waals surface area contributed by atoms with Gasteiger partial charge in [0.1, 0.15) is 5.75 Å². The molecule has 2 atom stereocenters. The van der Waals surface area contributed by atoms with Crippen LogP contribution in [-0.2, 0) is 16.8 Å². The first kappa shape index (κ1) is 27.1. The predicted octanol–water partition coefficient (Wildman–Crippen LogP) is 5.31. The van der Waals surface area contributed by atoms with E-state index in [1.807, 2.05) is 0 Å². The van der Waals surface area contributed by atoms with Gasteiger partial charge in [-0.1, -0.05) is 20.8 Å². The van der Waals surface area contributed by atoms with Gasteiger partial charge in [-0.25, -0.2) is 8.78 Å². The SMILES string of the molecule is CC(C)(C)c1cc(C(F)(C(O)(F)F)C(F)(F)F)cc(C(F)(C(O)(F)F)C(F)(F)F)c1O. The van der Waals surface area contributed by atoms with E-state index in [0.717, 1.165) is 20.8 Å². The maximum Gasteiger partial charge on any atom is 0.435 e. The summed E-state index contributed by atoms with van der Waals surface area (Å²) in [5, 5.41) is 26.9. The monoisotopic (exact) mass is 482 g/mol. The van der Waals surface area contributed by atoms with Crippen LogP contribution in [0.25, 0.3) is 0 Å². The molecule has 1 aromatic rings. The number of aromatic hydroxyl groups is 1. The average molecular weight is 482 g/mol. The third-order valence-corrected chi connectivity index (χ3v) is 4.30. The van der Waals surface area contributed by atoms with Gasteiger partial charge in [0.15, 0.2) is 0 Å². The van der Waals surface area contributed by atoms with Gasteiger partial charge in [-0.05, 0) is 17.5 Å². The van der Waals surface area contributed by atoms with E-state index in [0.29, 0.717) is 0 Å². The molecule has 1 rings (SSSR count). The lowest BCUT2D eigenvalue weighted by Crippen LogP contribution is -2.54. The highest BCUT2D eigenvalue weighted by Gasteiger charge is 2.75. The first-order valence-corrected chi connectivity index (χ1v) is 7.84. The van der Waals surface area contributed by atoms with E-state index in [1.165, 1.54) is 0 Å². The Hall–Kier alpha value is -1.90. The molecule has 0 aliphatic rings. The molecule has 0 aliphatic heterocycles. The minimum Gasteiger partial charge on any atom is -0.507 e. The summed E-state index contributed by atoms with van der Waals surface area (Å²) in [7, 11) is 0. The second-order valence-electron chi connectivity index (χ2n) is 7.56. The van der Waals surface area contributed by atoms with Crippen LogP contribution < -0.4 is 0 Å². The highest BCUT2D eigenvalue weighted by molar-refractivity contribution is 5.52. The molecular weight excluding hydrogens is 468 g/mol. The molecule has 2 unspecified atom stereocenters. The van der Waals surface area contributed by atoms with Crippen molar-refractivity contribution in [2.24, 2.45) is 0 Å². The van der Waals surface area contributed by atoms with E-state index in [-0.39, 0.29) is 6.07 Å². The summed E-state index contributed by atoms with van der Waals surface area (Å²) in [6, 6.07) is -1.40. The lowest BCUT2D eigenvalue weighted by Gasteiger charge is -2.37. The first-order valence-electron chi connectivity index (χ1n) is 7.84. The van der Waals surface area contributed by atoms with Gasteiger partial charge in [-0.3, -0.25) is 0 Å². The lowest BCUT2D eigenvalue weighted by molar-refractivity contribution is -0.377. The van der Waals surface area contributed by atoms with Crippen molar-refractivity contribution >= 4 is 0 Å². The number of rotatable bonds is 4. The number of halogens is 12. The average Bonchev–Trinajstić information content (AvgIpc) is 2.47. The van der Waals surface area contributed by atoms with Crippen LogP contribution in [0.2, 0.25) is 0 Å². The zero-order valence-corrected chi connectivity index (χ0v) is 15.5. The van der Waals surface area contributed by atoms with Crippen LogP contribution in [0.15, 0.2) is 12.1 Å². The van der Waals surface area contributed by atoms with E-state index < -0.39 is 69.8 Å². The van der Waals surface area contributed by atoms with E-state index in [9.17, 15) is 57.8 Å². The van der Waals surface area contributed by atoms with E-state index >= 15 is 0 Å². The number of phenols is 1. The molecule has 0 fully saturated rings. The molecule has 0 amide bonds. The lowest BCUT2D eigenvalue weighted by atomic mass is 9.78. The zero-order valence-electron chi connectivity index (χ0n) is 15.5. The Morgan fingerprint density at radius 2 is 0.903 bits per heavy atom. The molecule has 31 heavy (non-hydrogen) atoms. The second kappa shape index (κ2) is 7.05. The smallest absolute Gasteiger partial charge is 0.435 e. The van der Waals surface area contributed by atoms with Crippen LogP contribution in [0.3, 0.4) is 0 Å². The second-order valence-corrected chi connectivity index (χ2v) is 7.56. The Labute approximate surface area is 165 Å². The number of aliphatic hydroxyl groups is 2. The summed E-state index contributed by atoms with van der Waals surface area (Å²) in [6.07, 6.45) is -26.5. The third-order valence-electron chi connectivity index (χ3n) is 4.30. The molecule has 3 N–H and O–H groups in total. The number of phenolic OH excluding ortho intramolecular Hbond substituents is 1. The maximum atomic E-state index is 14.6. The molecule has 3 nitrogen and oxygen atoms in total. The molecular formula is C16H14F12O3. The topological polar surface area (TPSA) is 60.7 Å². The molecule has 15 heteroatoms. The molecule has 0 aromatic heterocycles. The van der Waals surface area contributed by atoms with Crippen LogP contribution >= 0.6 is 0 Å². The van der Waals surface area contributed by atoms with Crippen molar-refractivity contribution in [1.29, 1.82) is 0 Å². The largest absolute Gasteiger partial charge is 0.507 e. The van der Waals surface area contributed by atoms with Crippen molar-refractivity contribution in [3.05, 3.63) is 28.8 Å². The van der Waals surface area contributed by atoms with Gasteiger partial charge in [-0.15, -0.1) is 0 Å². The molecule has 0 radical (unpaired) electrons. The number of hydrogen-bond acceptors (Lipinski definition) is 3. The number of benzene rings is 1. The summed E-state index contributed by atoms with van der Waals surface area (Å²) < 4.78 is 161. The highest BCUT2D eigenvalue weighted by Crippen LogP contribution is 2.58. The van der Waals surface area contributed by atoms with Crippen molar-refractivity contribution in [3.63, 3.8) is 0 Å². The van der Waals surface area contributed by atoms with Crippen molar-refractivity contribution in [2.75, 3.05) is 0 Å². The van der Waals surface area contributed by atoms with Crippen molar-refractivity contribution in [3.8, 4) is 5.75 Å². The normalized spacial score (nSPS) is 18.5. The Kier molecular flexibility index (Phi) is 6.17. The molecule has 0 heterocycles. The van der Waals surface area contributed by atoms with E-state index in [2.05, 4.69) is 0 Å². The fraction of sp³-hybridized carbons (Fsp3) is 0.625. The molecule has 0 spiro atoms. The summed E-state index contributed by atoms with van der Waals surface area (Å²) in [5.41, 5.74) is -21.3. The fourth-order valence-corrected chi connectivity index (χ4v) is 2.66. The molecule has 0 bridgehead atoms. The Balaban J connectivity index is 4.34. The van der Waals surface area contributed by atoms with Gasteiger partial charge < -0.3 is 15.3 Å². The Bertz CT molecular complexity index is 797. The standard InChI is InChI=1S/C16H14F12O3/c1-10(2,3)7-4-6(11(17,13(19,20)21)15(25,26)30)5-8(9(7)29)12(18,14(22,23)24)16(27,28)31/h4-5,29-31H,1-3H3. The number of hydrogen-bond donors (Lipinski definition) is 3. The van der Waals surface area contributed by atoms with Gasteiger partial charge in [0.25, 0.3) is 0 Å². The fourth-order valence-electron chi connectivity index (χ4n) is 2.66.